The Morgan fingerprint density at radius 1 is 1.47 bits per heavy atom. The van der Waals surface area contributed by atoms with Crippen molar-refractivity contribution in [3.05, 3.63) is 29.3 Å². The molecule has 0 fully saturated rings. The van der Waals surface area contributed by atoms with Crippen molar-refractivity contribution in [2.75, 3.05) is 7.11 Å². The molecule has 0 aromatic heterocycles. The van der Waals surface area contributed by atoms with E-state index in [0.717, 1.165) is 0 Å². The molecule has 4 N–H and O–H groups in total. The summed E-state index contributed by atoms with van der Waals surface area (Å²) >= 11 is 0. The number of nitrogens with two attached hydrogens (primary N) is 1. The van der Waals surface area contributed by atoms with Crippen LogP contribution in [0, 0.1) is 0 Å². The first-order valence-corrected chi connectivity index (χ1v) is 4.02. The molecule has 0 aliphatic heterocycles. The van der Waals surface area contributed by atoms with Gasteiger partial charge in [0.2, 0.25) is 5.91 Å². The van der Waals surface area contributed by atoms with Crippen molar-refractivity contribution < 1.29 is 19.5 Å². The van der Waals surface area contributed by atoms with Crippen LogP contribution in [0.3, 0.4) is 0 Å². The molecule has 0 saturated carbocycles. The minimum Gasteiger partial charge on any atom is -0.496 e. The number of amides is 2. The van der Waals surface area contributed by atoms with Crippen molar-refractivity contribution in [2.24, 2.45) is 5.73 Å². The molecule has 1 rings (SSSR count). The molecule has 1 aromatic rings. The predicted molar refractivity (Wildman–Crippen MR) is 50.8 cm³/mol. The third-order valence-corrected chi connectivity index (χ3v) is 1.83. The molecule has 0 unspecified atom stereocenters. The molecule has 2 amide bonds. The summed E-state index contributed by atoms with van der Waals surface area (Å²) in [6.07, 6.45) is 0. The predicted octanol–water partition coefficient (Wildman–Crippen LogP) is -0.0869. The monoisotopic (exact) mass is 210 g/mol. The molecule has 0 saturated heterocycles. The smallest absolute Gasteiger partial charge is 0.278 e. The number of rotatable bonds is 3. The summed E-state index contributed by atoms with van der Waals surface area (Å²) in [5.74, 6) is -1.18. The molecule has 0 aliphatic carbocycles. The van der Waals surface area contributed by atoms with Gasteiger partial charge in [-0.2, -0.15) is 0 Å². The number of primary amides is 1. The van der Waals surface area contributed by atoms with Crippen LogP contribution < -0.4 is 16.0 Å². The lowest BCUT2D eigenvalue weighted by Crippen LogP contribution is -2.20. The maximum Gasteiger partial charge on any atom is 0.278 e. The number of ether oxygens (including phenoxy) is 1. The van der Waals surface area contributed by atoms with Crippen molar-refractivity contribution in [3.63, 3.8) is 0 Å². The largest absolute Gasteiger partial charge is 0.496 e. The first-order chi connectivity index (χ1) is 7.10. The summed E-state index contributed by atoms with van der Waals surface area (Å²) in [4.78, 5) is 22.0. The zero-order chi connectivity index (χ0) is 11.4. The van der Waals surface area contributed by atoms with Crippen LogP contribution in [0.2, 0.25) is 0 Å². The Balaban J connectivity index is 3.20. The lowest BCUT2D eigenvalue weighted by atomic mass is 10.1. The lowest BCUT2D eigenvalue weighted by molar-refractivity contribution is 0.0702. The molecule has 0 spiro atoms. The molecule has 6 nitrogen and oxygen atoms in total. The second-order valence-corrected chi connectivity index (χ2v) is 2.72. The molecule has 15 heavy (non-hydrogen) atoms. The van der Waals surface area contributed by atoms with E-state index >= 15 is 0 Å². The van der Waals surface area contributed by atoms with Crippen molar-refractivity contribution in [1.82, 2.24) is 5.48 Å². The Bertz CT molecular complexity index is 403. The first kappa shape index (κ1) is 11.0. The van der Waals surface area contributed by atoms with Crippen LogP contribution in [-0.2, 0) is 0 Å². The maximum absolute atomic E-state index is 11.1. The van der Waals surface area contributed by atoms with Gasteiger partial charge in [0, 0.05) is 5.56 Å². The zero-order valence-corrected chi connectivity index (χ0v) is 7.98. The average molecular weight is 210 g/mol. The highest BCUT2D eigenvalue weighted by Gasteiger charge is 2.13. The zero-order valence-electron chi connectivity index (χ0n) is 7.98. The summed E-state index contributed by atoms with van der Waals surface area (Å²) in [6.45, 7) is 0. The fourth-order valence-electron chi connectivity index (χ4n) is 1.09. The Kier molecular flexibility index (Phi) is 3.25. The van der Waals surface area contributed by atoms with Crippen LogP contribution in [0.25, 0.3) is 0 Å². The van der Waals surface area contributed by atoms with Gasteiger partial charge in [0.05, 0.1) is 12.7 Å². The summed E-state index contributed by atoms with van der Waals surface area (Å²) < 4.78 is 4.88. The SMILES string of the molecule is COc1cc(C(N)=O)ccc1C(=O)NO. The van der Waals surface area contributed by atoms with Gasteiger partial charge in [0.25, 0.3) is 5.91 Å². The molecular weight excluding hydrogens is 200 g/mol. The second-order valence-electron chi connectivity index (χ2n) is 2.72. The average Bonchev–Trinajstić information content (AvgIpc) is 2.27. The summed E-state index contributed by atoms with van der Waals surface area (Å²) in [7, 11) is 1.34. The second kappa shape index (κ2) is 4.43. The third kappa shape index (κ3) is 2.23. The first-order valence-electron chi connectivity index (χ1n) is 4.02. The number of hydroxylamine groups is 1. The topological polar surface area (TPSA) is 102 Å². The minimum atomic E-state index is -0.720. The van der Waals surface area contributed by atoms with E-state index in [9.17, 15) is 9.59 Å². The van der Waals surface area contributed by atoms with Gasteiger partial charge < -0.3 is 10.5 Å². The third-order valence-electron chi connectivity index (χ3n) is 1.83. The highest BCUT2D eigenvalue weighted by molar-refractivity contribution is 5.99. The Hall–Kier alpha value is -2.08. The van der Waals surface area contributed by atoms with E-state index in [0.29, 0.717) is 0 Å². The van der Waals surface area contributed by atoms with Crippen LogP contribution in [0.15, 0.2) is 18.2 Å². The van der Waals surface area contributed by atoms with Gasteiger partial charge in [-0.3, -0.25) is 14.8 Å². The number of nitrogens with one attached hydrogen (secondary N) is 1. The van der Waals surface area contributed by atoms with Crippen LogP contribution in [0.5, 0.6) is 5.75 Å². The quantitative estimate of drug-likeness (QED) is 0.479. The van der Waals surface area contributed by atoms with Crippen molar-refractivity contribution in [1.29, 1.82) is 0 Å². The summed E-state index contributed by atoms with van der Waals surface area (Å²) in [5, 5.41) is 8.44. The highest BCUT2D eigenvalue weighted by atomic mass is 16.5. The Morgan fingerprint density at radius 2 is 2.13 bits per heavy atom. The molecule has 0 aliphatic rings. The van der Waals surface area contributed by atoms with Crippen molar-refractivity contribution >= 4 is 11.8 Å². The lowest BCUT2D eigenvalue weighted by Gasteiger charge is -2.07. The number of carbonyl (C=O) groups excluding carboxylic acids is 2. The molecule has 6 heteroatoms. The van der Waals surface area contributed by atoms with E-state index in [1.807, 2.05) is 0 Å². The molecular formula is C9H10N2O4. The van der Waals surface area contributed by atoms with Gasteiger partial charge in [-0.05, 0) is 18.2 Å². The molecule has 80 valence electrons. The van der Waals surface area contributed by atoms with Crippen LogP contribution in [0.1, 0.15) is 20.7 Å². The van der Waals surface area contributed by atoms with E-state index in [-0.39, 0.29) is 16.9 Å². The maximum atomic E-state index is 11.1. The number of methoxy groups -OCH3 is 1. The van der Waals surface area contributed by atoms with E-state index in [1.165, 1.54) is 30.8 Å². The van der Waals surface area contributed by atoms with Gasteiger partial charge in [-0.25, -0.2) is 5.48 Å². The van der Waals surface area contributed by atoms with Crippen molar-refractivity contribution in [2.45, 2.75) is 0 Å². The van der Waals surface area contributed by atoms with Crippen molar-refractivity contribution in [3.8, 4) is 5.75 Å². The standard InChI is InChI=1S/C9H10N2O4/c1-15-7-4-5(8(10)12)2-3-6(7)9(13)11-14/h2-4,14H,1H3,(H2,10,12)(H,11,13). The molecule has 0 bridgehead atoms. The molecule has 0 radical (unpaired) electrons. The number of benzene rings is 1. The van der Waals surface area contributed by atoms with Crippen LogP contribution in [0.4, 0.5) is 0 Å². The Labute approximate surface area is 85.6 Å². The van der Waals surface area contributed by atoms with Crippen LogP contribution >= 0.6 is 0 Å². The number of hydrogen-bond donors (Lipinski definition) is 3. The fraction of sp³-hybridized carbons (Fsp3) is 0.111. The van der Waals surface area contributed by atoms with Crippen LogP contribution in [-0.4, -0.2) is 24.1 Å². The number of hydrogen-bond acceptors (Lipinski definition) is 4. The van der Waals surface area contributed by atoms with Gasteiger partial charge in [-0.15, -0.1) is 0 Å². The van der Waals surface area contributed by atoms with E-state index in [2.05, 4.69) is 0 Å². The van der Waals surface area contributed by atoms with Gasteiger partial charge in [0.15, 0.2) is 0 Å². The highest BCUT2D eigenvalue weighted by Crippen LogP contribution is 2.19. The van der Waals surface area contributed by atoms with E-state index in [1.54, 1.807) is 0 Å². The Morgan fingerprint density at radius 3 is 2.60 bits per heavy atom. The van der Waals surface area contributed by atoms with Gasteiger partial charge in [0.1, 0.15) is 5.75 Å². The molecule has 1 aromatic carbocycles. The fourth-order valence-corrected chi connectivity index (χ4v) is 1.09. The molecule has 0 heterocycles. The molecule has 0 atom stereocenters. The minimum absolute atomic E-state index is 0.116. The normalized spacial score (nSPS) is 9.47. The van der Waals surface area contributed by atoms with Gasteiger partial charge in [-0.1, -0.05) is 0 Å². The van der Waals surface area contributed by atoms with E-state index < -0.39 is 11.8 Å². The van der Waals surface area contributed by atoms with E-state index in [4.69, 9.17) is 15.7 Å². The van der Waals surface area contributed by atoms with Gasteiger partial charge >= 0.3 is 0 Å². The summed E-state index contributed by atoms with van der Waals surface area (Å²) in [6, 6.07) is 4.03. The summed E-state index contributed by atoms with van der Waals surface area (Å²) in [5.41, 5.74) is 6.86. The number of carbonyl (C=O) groups is 2.